The number of fused-ring (bicyclic) bond motifs is 3. The second kappa shape index (κ2) is 3.52. The first kappa shape index (κ1) is 9.94. The number of terminal acetylenes is 1. The third-order valence-electron chi connectivity index (χ3n) is 2.52. The molecular formula is C10H14O4. The largest absolute Gasteiger partial charge is 0.368 e. The lowest BCUT2D eigenvalue weighted by molar-refractivity contribution is -0.462. The van der Waals surface area contributed by atoms with Gasteiger partial charge in [-0.15, -0.1) is 6.42 Å². The van der Waals surface area contributed by atoms with Gasteiger partial charge in [0.2, 0.25) is 0 Å². The highest BCUT2D eigenvalue weighted by molar-refractivity contribution is 4.88. The minimum absolute atomic E-state index is 0.172. The van der Waals surface area contributed by atoms with Gasteiger partial charge in [0, 0.05) is 6.92 Å². The predicted octanol–water partition coefficient (Wildman–Crippen LogP) is 0.373. The van der Waals surface area contributed by atoms with Crippen LogP contribution in [-0.2, 0) is 18.9 Å². The molecule has 78 valence electrons. The minimum atomic E-state index is -0.839. The molecule has 4 heteroatoms. The molecule has 0 saturated carbocycles. The van der Waals surface area contributed by atoms with Crippen molar-refractivity contribution in [3.05, 3.63) is 0 Å². The zero-order valence-corrected chi connectivity index (χ0v) is 8.25. The molecule has 3 aliphatic rings. The normalized spacial score (nSPS) is 40.9. The Morgan fingerprint density at radius 2 is 1.86 bits per heavy atom. The lowest BCUT2D eigenvalue weighted by Gasteiger charge is -2.50. The average molecular weight is 198 g/mol. The van der Waals surface area contributed by atoms with E-state index in [2.05, 4.69) is 5.92 Å². The fraction of sp³-hybridized carbons (Fsp3) is 0.800. The van der Waals surface area contributed by atoms with Crippen LogP contribution in [0.1, 0.15) is 6.92 Å². The van der Waals surface area contributed by atoms with E-state index in [9.17, 15) is 0 Å². The molecule has 3 rings (SSSR count). The molecule has 0 aromatic heterocycles. The average Bonchev–Trinajstić information content (AvgIpc) is 2.21. The number of hydrogen-bond donors (Lipinski definition) is 0. The second-order valence-electron chi connectivity index (χ2n) is 3.93. The minimum Gasteiger partial charge on any atom is -0.368 e. The molecule has 0 aliphatic carbocycles. The molecule has 0 N–H and O–H groups in total. The zero-order chi connectivity index (χ0) is 10.1. The van der Waals surface area contributed by atoms with Gasteiger partial charge in [0.25, 0.3) is 5.97 Å². The fourth-order valence-corrected chi connectivity index (χ4v) is 1.55. The van der Waals surface area contributed by atoms with Crippen molar-refractivity contribution in [2.75, 3.05) is 33.0 Å². The summed E-state index contributed by atoms with van der Waals surface area (Å²) in [7, 11) is 0. The van der Waals surface area contributed by atoms with Gasteiger partial charge in [-0.2, -0.15) is 0 Å². The van der Waals surface area contributed by atoms with Gasteiger partial charge in [0.05, 0.1) is 31.8 Å². The van der Waals surface area contributed by atoms with Gasteiger partial charge >= 0.3 is 0 Å². The Morgan fingerprint density at radius 1 is 1.29 bits per heavy atom. The first-order chi connectivity index (χ1) is 6.68. The van der Waals surface area contributed by atoms with Crippen molar-refractivity contribution in [3.63, 3.8) is 0 Å². The van der Waals surface area contributed by atoms with E-state index in [1.165, 1.54) is 0 Å². The molecule has 0 unspecified atom stereocenters. The summed E-state index contributed by atoms with van der Waals surface area (Å²) in [5.41, 5.74) is -0.172. The van der Waals surface area contributed by atoms with E-state index < -0.39 is 5.97 Å². The Hall–Kier alpha value is -0.600. The van der Waals surface area contributed by atoms with Gasteiger partial charge in [0.15, 0.2) is 0 Å². The van der Waals surface area contributed by atoms with Crippen molar-refractivity contribution in [1.29, 1.82) is 0 Å². The Kier molecular flexibility index (Phi) is 2.50. The maximum Gasteiger partial charge on any atom is 0.279 e. The Labute approximate surface area is 83.5 Å². The van der Waals surface area contributed by atoms with Crippen molar-refractivity contribution in [3.8, 4) is 12.3 Å². The van der Waals surface area contributed by atoms with E-state index in [0.29, 0.717) is 33.0 Å². The molecule has 3 fully saturated rings. The van der Waals surface area contributed by atoms with Gasteiger partial charge in [-0.25, -0.2) is 0 Å². The summed E-state index contributed by atoms with van der Waals surface area (Å²) >= 11 is 0. The third kappa shape index (κ3) is 1.77. The van der Waals surface area contributed by atoms with Crippen LogP contribution in [0.25, 0.3) is 0 Å². The molecule has 0 atom stereocenters. The molecular weight excluding hydrogens is 184 g/mol. The molecule has 4 nitrogen and oxygen atoms in total. The first-order valence-corrected chi connectivity index (χ1v) is 4.61. The fourth-order valence-electron chi connectivity index (χ4n) is 1.55. The van der Waals surface area contributed by atoms with Crippen LogP contribution in [0.15, 0.2) is 0 Å². The van der Waals surface area contributed by atoms with Gasteiger partial charge < -0.3 is 18.9 Å². The smallest absolute Gasteiger partial charge is 0.279 e. The number of ether oxygens (including phenoxy) is 4. The van der Waals surface area contributed by atoms with Crippen molar-refractivity contribution in [2.45, 2.75) is 12.9 Å². The number of hydrogen-bond acceptors (Lipinski definition) is 4. The summed E-state index contributed by atoms with van der Waals surface area (Å²) in [5, 5.41) is 0. The molecule has 3 heterocycles. The van der Waals surface area contributed by atoms with Crippen molar-refractivity contribution in [2.24, 2.45) is 5.41 Å². The highest BCUT2D eigenvalue weighted by Crippen LogP contribution is 2.37. The lowest BCUT2D eigenvalue weighted by atomic mass is 9.90. The van der Waals surface area contributed by atoms with Crippen LogP contribution in [0, 0.1) is 17.8 Å². The van der Waals surface area contributed by atoms with E-state index in [1.807, 2.05) is 0 Å². The Balaban J connectivity index is 1.89. The highest BCUT2D eigenvalue weighted by Gasteiger charge is 2.50. The van der Waals surface area contributed by atoms with Crippen LogP contribution in [0.3, 0.4) is 0 Å². The SMILES string of the molecule is C#CCOCC12COC(C)(OC1)OC2. The van der Waals surface area contributed by atoms with Crippen LogP contribution < -0.4 is 0 Å². The van der Waals surface area contributed by atoms with Crippen LogP contribution in [-0.4, -0.2) is 39.0 Å². The van der Waals surface area contributed by atoms with Crippen molar-refractivity contribution >= 4 is 0 Å². The van der Waals surface area contributed by atoms with E-state index in [4.69, 9.17) is 25.4 Å². The summed E-state index contributed by atoms with van der Waals surface area (Å²) < 4.78 is 21.6. The second-order valence-corrected chi connectivity index (χ2v) is 3.93. The number of rotatable bonds is 3. The molecule has 2 bridgehead atoms. The standard InChI is InChI=1S/C10H14O4/c1-3-4-11-5-10-6-12-9(2,13-7-10)14-8-10/h1H,4-8H2,2H3. The molecule has 0 aromatic carbocycles. The van der Waals surface area contributed by atoms with E-state index in [-0.39, 0.29) is 5.41 Å². The monoisotopic (exact) mass is 198 g/mol. The molecule has 0 spiro atoms. The van der Waals surface area contributed by atoms with Gasteiger partial charge in [0.1, 0.15) is 6.61 Å². The molecule has 0 amide bonds. The zero-order valence-electron chi connectivity index (χ0n) is 8.25. The molecule has 0 radical (unpaired) electrons. The summed E-state index contributed by atoms with van der Waals surface area (Å²) in [4.78, 5) is 0. The molecule has 3 saturated heterocycles. The summed E-state index contributed by atoms with van der Waals surface area (Å²) in [6.07, 6.45) is 5.09. The maximum atomic E-state index is 5.42. The van der Waals surface area contributed by atoms with Crippen LogP contribution in [0.2, 0.25) is 0 Å². The van der Waals surface area contributed by atoms with Gasteiger partial charge in [-0.05, 0) is 0 Å². The summed E-state index contributed by atoms with van der Waals surface area (Å²) in [6, 6.07) is 0. The topological polar surface area (TPSA) is 36.9 Å². The van der Waals surface area contributed by atoms with Crippen molar-refractivity contribution in [1.82, 2.24) is 0 Å². The molecule has 14 heavy (non-hydrogen) atoms. The van der Waals surface area contributed by atoms with Crippen LogP contribution >= 0.6 is 0 Å². The predicted molar refractivity (Wildman–Crippen MR) is 48.3 cm³/mol. The quantitative estimate of drug-likeness (QED) is 0.485. The van der Waals surface area contributed by atoms with E-state index >= 15 is 0 Å². The van der Waals surface area contributed by atoms with E-state index in [1.54, 1.807) is 6.92 Å². The van der Waals surface area contributed by atoms with Crippen LogP contribution in [0.4, 0.5) is 0 Å². The Morgan fingerprint density at radius 3 is 2.36 bits per heavy atom. The lowest BCUT2D eigenvalue weighted by Crippen LogP contribution is -2.60. The van der Waals surface area contributed by atoms with Crippen molar-refractivity contribution < 1.29 is 18.9 Å². The third-order valence-corrected chi connectivity index (χ3v) is 2.52. The maximum absolute atomic E-state index is 5.42. The van der Waals surface area contributed by atoms with E-state index in [0.717, 1.165) is 0 Å². The first-order valence-electron chi connectivity index (χ1n) is 4.61. The highest BCUT2D eigenvalue weighted by atomic mass is 16.9. The summed E-state index contributed by atoms with van der Waals surface area (Å²) in [6.45, 7) is 4.43. The molecule has 3 aliphatic heterocycles. The molecule has 0 aromatic rings. The Bertz CT molecular complexity index is 231. The van der Waals surface area contributed by atoms with Gasteiger partial charge in [-0.3, -0.25) is 0 Å². The summed E-state index contributed by atoms with van der Waals surface area (Å²) in [5.74, 6) is 1.58. The van der Waals surface area contributed by atoms with Crippen LogP contribution in [0.5, 0.6) is 0 Å². The van der Waals surface area contributed by atoms with Gasteiger partial charge in [-0.1, -0.05) is 5.92 Å².